The van der Waals surface area contributed by atoms with E-state index in [9.17, 15) is 14.4 Å². The fourth-order valence-corrected chi connectivity index (χ4v) is 5.55. The second-order valence-electron chi connectivity index (χ2n) is 8.83. The van der Waals surface area contributed by atoms with Gasteiger partial charge in [0.25, 0.3) is 0 Å². The molecule has 3 aromatic rings. The van der Waals surface area contributed by atoms with Crippen LogP contribution in [0.5, 0.6) is 0 Å². The molecule has 0 unspecified atom stereocenters. The average molecular weight is 466 g/mol. The Hall–Kier alpha value is -3.93. The monoisotopic (exact) mass is 466 g/mol. The lowest BCUT2D eigenvalue weighted by Gasteiger charge is -2.55. The molecule has 1 spiro atoms. The smallest absolute Gasteiger partial charge is 0.328 e. The zero-order valence-corrected chi connectivity index (χ0v) is 18.2. The van der Waals surface area contributed by atoms with E-state index in [1.807, 2.05) is 6.92 Å². The summed E-state index contributed by atoms with van der Waals surface area (Å²) < 4.78 is 27.3. The van der Waals surface area contributed by atoms with Gasteiger partial charge in [0.2, 0.25) is 17.4 Å². The number of rotatable bonds is 1. The van der Waals surface area contributed by atoms with Gasteiger partial charge in [-0.05, 0) is 25.5 Å². The standard InChI is InChI=1S/C22H19FN6O5/c1-9-8-29-16-11(5-12-15(13-7-24-3-4-25-13)28-34-17(12)14(16)23)6-22(18(29)10(2)33-9)19(30)26-21(32)27-20(22)31/h3-5,7,9-10,18H,6,8H2,1-2H3,(H2,26,27,30,31,32)/t9-,10+,18+/m1/s1. The molecule has 3 aliphatic rings. The number of morpholine rings is 1. The molecule has 3 aliphatic heterocycles. The van der Waals surface area contributed by atoms with Gasteiger partial charge in [-0.2, -0.15) is 0 Å². The van der Waals surface area contributed by atoms with Crippen LogP contribution in [0.3, 0.4) is 0 Å². The molecule has 1 aromatic carbocycles. The number of nitrogens with zero attached hydrogens (tertiary/aromatic N) is 4. The molecular weight excluding hydrogens is 447 g/mol. The zero-order valence-electron chi connectivity index (χ0n) is 18.2. The summed E-state index contributed by atoms with van der Waals surface area (Å²) in [5.41, 5.74) is -0.452. The lowest BCUT2D eigenvalue weighted by Crippen LogP contribution is -2.75. The first-order chi connectivity index (χ1) is 16.3. The Morgan fingerprint density at radius 3 is 2.65 bits per heavy atom. The van der Waals surface area contributed by atoms with Crippen molar-refractivity contribution in [3.05, 3.63) is 36.0 Å². The Bertz CT molecular complexity index is 1360. The van der Waals surface area contributed by atoms with Gasteiger partial charge in [0, 0.05) is 25.4 Å². The van der Waals surface area contributed by atoms with E-state index in [0.29, 0.717) is 16.6 Å². The maximum Gasteiger partial charge on any atom is 0.328 e. The molecule has 3 atom stereocenters. The number of benzene rings is 1. The minimum atomic E-state index is -1.70. The van der Waals surface area contributed by atoms with Gasteiger partial charge in [-0.3, -0.25) is 30.2 Å². The first kappa shape index (κ1) is 20.7. The molecule has 5 heterocycles. The Labute approximate surface area is 191 Å². The van der Waals surface area contributed by atoms with Crippen LogP contribution in [0.25, 0.3) is 22.4 Å². The van der Waals surface area contributed by atoms with Gasteiger partial charge in [0.1, 0.15) is 11.4 Å². The van der Waals surface area contributed by atoms with Gasteiger partial charge < -0.3 is 14.2 Å². The molecule has 4 amide bonds. The average Bonchev–Trinajstić information content (AvgIpc) is 3.21. The molecule has 11 nitrogen and oxygen atoms in total. The van der Waals surface area contributed by atoms with Crippen LogP contribution in [0.4, 0.5) is 14.9 Å². The van der Waals surface area contributed by atoms with Crippen molar-refractivity contribution >= 4 is 34.5 Å². The predicted octanol–water partition coefficient (Wildman–Crippen LogP) is 1.31. The Kier molecular flexibility index (Phi) is 4.27. The molecule has 0 radical (unpaired) electrons. The lowest BCUT2D eigenvalue weighted by atomic mass is 9.66. The summed E-state index contributed by atoms with van der Waals surface area (Å²) in [6.45, 7) is 3.79. The van der Waals surface area contributed by atoms with E-state index in [1.54, 1.807) is 17.9 Å². The summed E-state index contributed by atoms with van der Waals surface area (Å²) in [5.74, 6) is -2.14. The third-order valence-corrected chi connectivity index (χ3v) is 6.77. The number of hydrogen-bond donors (Lipinski definition) is 2. The highest BCUT2D eigenvalue weighted by atomic mass is 19.1. The second kappa shape index (κ2) is 7.03. The number of amides is 4. The molecule has 0 aliphatic carbocycles. The molecule has 12 heteroatoms. The maximum absolute atomic E-state index is 16.0. The summed E-state index contributed by atoms with van der Waals surface area (Å²) in [4.78, 5) is 48.3. The number of barbiturate groups is 1. The molecular formula is C22H19FN6O5. The lowest BCUT2D eigenvalue weighted by molar-refractivity contribution is -0.153. The number of aromatic nitrogens is 3. The summed E-state index contributed by atoms with van der Waals surface area (Å²) in [5, 5.41) is 8.78. The third-order valence-electron chi connectivity index (χ3n) is 6.77. The van der Waals surface area contributed by atoms with Crippen LogP contribution in [0.15, 0.2) is 29.2 Å². The number of hydrogen-bond acceptors (Lipinski definition) is 9. The van der Waals surface area contributed by atoms with Crippen LogP contribution < -0.4 is 15.5 Å². The van der Waals surface area contributed by atoms with Gasteiger partial charge in [-0.25, -0.2) is 9.18 Å². The molecule has 2 saturated heterocycles. The number of imide groups is 2. The molecule has 0 saturated carbocycles. The van der Waals surface area contributed by atoms with Crippen molar-refractivity contribution in [3.8, 4) is 11.4 Å². The van der Waals surface area contributed by atoms with E-state index in [-0.39, 0.29) is 36.0 Å². The minimum absolute atomic E-state index is 0.0615. The molecule has 2 aromatic heterocycles. The number of anilines is 1. The SMILES string of the molecule is C[C@@H]1CN2c3c(cc4c(-c5cnccn5)noc4c3F)CC3(C(=O)NC(=O)NC3=O)[C@@H]2[C@H](C)O1. The van der Waals surface area contributed by atoms with E-state index in [4.69, 9.17) is 9.26 Å². The molecule has 34 heavy (non-hydrogen) atoms. The predicted molar refractivity (Wildman–Crippen MR) is 114 cm³/mol. The number of halogens is 1. The molecule has 2 fully saturated rings. The van der Waals surface area contributed by atoms with Crippen molar-refractivity contribution in [1.82, 2.24) is 25.8 Å². The summed E-state index contributed by atoms with van der Waals surface area (Å²) in [6.07, 6.45) is 3.40. The highest BCUT2D eigenvalue weighted by Crippen LogP contribution is 2.49. The van der Waals surface area contributed by atoms with Gasteiger partial charge in [0.05, 0.1) is 35.5 Å². The van der Waals surface area contributed by atoms with Gasteiger partial charge >= 0.3 is 6.03 Å². The highest BCUT2D eigenvalue weighted by Gasteiger charge is 2.63. The summed E-state index contributed by atoms with van der Waals surface area (Å²) in [7, 11) is 0. The van der Waals surface area contributed by atoms with E-state index < -0.39 is 41.2 Å². The summed E-state index contributed by atoms with van der Waals surface area (Å²) >= 11 is 0. The van der Waals surface area contributed by atoms with Crippen LogP contribution in [-0.2, 0) is 20.7 Å². The van der Waals surface area contributed by atoms with Gasteiger partial charge in [0.15, 0.2) is 11.2 Å². The van der Waals surface area contributed by atoms with Crippen LogP contribution in [-0.4, -0.2) is 57.8 Å². The number of urea groups is 1. The van der Waals surface area contributed by atoms with Crippen LogP contribution in [0.2, 0.25) is 0 Å². The van der Waals surface area contributed by atoms with Crippen molar-refractivity contribution < 1.29 is 28.0 Å². The first-order valence-electron chi connectivity index (χ1n) is 10.8. The number of carbonyl (C=O) groups is 3. The van der Waals surface area contributed by atoms with Crippen molar-refractivity contribution in [2.24, 2.45) is 5.41 Å². The zero-order chi connectivity index (χ0) is 23.8. The van der Waals surface area contributed by atoms with Crippen LogP contribution in [0, 0.1) is 11.2 Å². The Balaban J connectivity index is 1.61. The van der Waals surface area contributed by atoms with Crippen LogP contribution in [0.1, 0.15) is 19.4 Å². The summed E-state index contributed by atoms with van der Waals surface area (Å²) in [6, 6.07) is -0.0754. The fraction of sp³-hybridized carbons (Fsp3) is 0.364. The van der Waals surface area contributed by atoms with Crippen LogP contribution >= 0.6 is 0 Å². The minimum Gasteiger partial charge on any atom is -0.372 e. The van der Waals surface area contributed by atoms with Gasteiger partial charge in [-0.1, -0.05) is 5.16 Å². The van der Waals surface area contributed by atoms with Crippen molar-refractivity contribution in [2.45, 2.75) is 38.5 Å². The van der Waals surface area contributed by atoms with E-state index in [0.717, 1.165) is 0 Å². The van der Waals surface area contributed by atoms with E-state index in [2.05, 4.69) is 25.8 Å². The van der Waals surface area contributed by atoms with Gasteiger partial charge in [-0.15, -0.1) is 0 Å². The normalized spacial score (nSPS) is 25.7. The Morgan fingerprint density at radius 1 is 1.18 bits per heavy atom. The van der Waals surface area contributed by atoms with E-state index >= 15 is 4.39 Å². The Morgan fingerprint density at radius 2 is 1.94 bits per heavy atom. The molecule has 174 valence electrons. The van der Waals surface area contributed by atoms with E-state index in [1.165, 1.54) is 18.6 Å². The topological polar surface area (TPSA) is 140 Å². The van der Waals surface area contributed by atoms with Crippen molar-refractivity contribution in [1.29, 1.82) is 0 Å². The number of carbonyl (C=O) groups excluding carboxylic acids is 3. The largest absolute Gasteiger partial charge is 0.372 e. The number of nitrogens with one attached hydrogen (secondary N) is 2. The number of ether oxygens (including phenoxy) is 1. The first-order valence-corrected chi connectivity index (χ1v) is 10.8. The number of fused-ring (bicyclic) bond motifs is 5. The third kappa shape index (κ3) is 2.65. The quantitative estimate of drug-likeness (QED) is 0.508. The highest BCUT2D eigenvalue weighted by molar-refractivity contribution is 6.20. The maximum atomic E-state index is 16.0. The van der Waals surface area contributed by atoms with Crippen molar-refractivity contribution in [3.63, 3.8) is 0 Å². The fourth-order valence-electron chi connectivity index (χ4n) is 5.55. The molecule has 2 N–H and O–H groups in total. The second-order valence-corrected chi connectivity index (χ2v) is 8.83. The van der Waals surface area contributed by atoms with Crippen molar-refractivity contribution in [2.75, 3.05) is 11.4 Å². The molecule has 0 bridgehead atoms. The molecule has 6 rings (SSSR count).